The molecule has 0 aliphatic carbocycles. The minimum absolute atomic E-state index is 0.170. The van der Waals surface area contributed by atoms with Crippen molar-refractivity contribution in [3.05, 3.63) is 41.3 Å². The Bertz CT molecular complexity index is 600. The lowest BCUT2D eigenvalue weighted by Gasteiger charge is -2.04. The van der Waals surface area contributed by atoms with Crippen LogP contribution in [0, 0.1) is 18.7 Å². The monoisotopic (exact) mass is 268 g/mol. The first kappa shape index (κ1) is 13.1. The van der Waals surface area contributed by atoms with E-state index >= 15 is 0 Å². The van der Waals surface area contributed by atoms with Crippen molar-refractivity contribution in [2.75, 3.05) is 6.54 Å². The van der Waals surface area contributed by atoms with Crippen molar-refractivity contribution in [3.63, 3.8) is 0 Å². The Morgan fingerprint density at radius 2 is 2.26 bits per heavy atom. The van der Waals surface area contributed by atoms with Crippen LogP contribution >= 0.6 is 0 Å². The number of amides is 1. The summed E-state index contributed by atoms with van der Waals surface area (Å²) < 4.78 is 30.9. The second kappa shape index (κ2) is 5.51. The Labute approximate surface area is 106 Å². The quantitative estimate of drug-likeness (QED) is 0.837. The first-order valence-corrected chi connectivity index (χ1v) is 5.45. The topological polar surface area (TPSA) is 80.9 Å². The molecule has 0 aliphatic rings. The van der Waals surface area contributed by atoms with Gasteiger partial charge in [-0.1, -0.05) is 5.16 Å². The van der Waals surface area contributed by atoms with Crippen LogP contribution < -0.4 is 5.32 Å². The molecule has 8 heteroatoms. The normalized spacial score (nSPS) is 10.5. The first-order valence-electron chi connectivity index (χ1n) is 5.45. The van der Waals surface area contributed by atoms with E-state index in [9.17, 15) is 13.6 Å². The SMILES string of the molecule is Cc1noc(CCNC(=O)c2ccnc(F)c2F)n1. The standard InChI is InChI=1S/C11H10F2N4O2/c1-6-16-8(19-17-6)3-5-15-11(18)7-2-4-14-10(13)9(7)12/h2,4H,3,5H2,1H3,(H,15,18). The third-order valence-corrected chi connectivity index (χ3v) is 2.29. The fourth-order valence-corrected chi connectivity index (χ4v) is 1.41. The Balaban J connectivity index is 1.93. The van der Waals surface area contributed by atoms with Crippen LogP contribution in [0.2, 0.25) is 0 Å². The predicted molar refractivity (Wildman–Crippen MR) is 59.2 cm³/mol. The maximum Gasteiger partial charge on any atom is 0.254 e. The molecule has 0 bridgehead atoms. The van der Waals surface area contributed by atoms with Crippen LogP contribution in [0.5, 0.6) is 0 Å². The van der Waals surface area contributed by atoms with E-state index in [0.29, 0.717) is 18.1 Å². The number of aromatic nitrogens is 3. The smallest absolute Gasteiger partial charge is 0.254 e. The fraction of sp³-hybridized carbons (Fsp3) is 0.273. The molecule has 2 aromatic heterocycles. The molecule has 0 unspecified atom stereocenters. The van der Waals surface area contributed by atoms with Crippen LogP contribution in [0.4, 0.5) is 8.78 Å². The zero-order valence-corrected chi connectivity index (χ0v) is 9.98. The zero-order chi connectivity index (χ0) is 13.8. The molecule has 1 N–H and O–H groups in total. The van der Waals surface area contributed by atoms with Crippen LogP contribution in [0.15, 0.2) is 16.8 Å². The van der Waals surface area contributed by atoms with E-state index in [2.05, 4.69) is 20.4 Å². The Kier molecular flexibility index (Phi) is 3.79. The summed E-state index contributed by atoms with van der Waals surface area (Å²) in [6.07, 6.45) is 1.33. The largest absolute Gasteiger partial charge is 0.351 e. The average molecular weight is 268 g/mol. The van der Waals surface area contributed by atoms with Crippen LogP contribution in [0.1, 0.15) is 22.1 Å². The molecular weight excluding hydrogens is 258 g/mol. The van der Waals surface area contributed by atoms with Gasteiger partial charge in [0.2, 0.25) is 11.8 Å². The van der Waals surface area contributed by atoms with Gasteiger partial charge in [-0.25, -0.2) is 9.37 Å². The van der Waals surface area contributed by atoms with E-state index in [4.69, 9.17) is 4.52 Å². The van der Waals surface area contributed by atoms with Gasteiger partial charge in [0.15, 0.2) is 11.6 Å². The van der Waals surface area contributed by atoms with Crippen molar-refractivity contribution in [2.45, 2.75) is 13.3 Å². The molecule has 2 aromatic rings. The van der Waals surface area contributed by atoms with Gasteiger partial charge in [-0.2, -0.15) is 9.37 Å². The van der Waals surface area contributed by atoms with Crippen LogP contribution in [-0.4, -0.2) is 27.6 Å². The number of carbonyl (C=O) groups excluding carboxylic acids is 1. The summed E-state index contributed by atoms with van der Waals surface area (Å²) in [5, 5.41) is 6.01. The highest BCUT2D eigenvalue weighted by Gasteiger charge is 2.15. The summed E-state index contributed by atoms with van der Waals surface area (Å²) in [6.45, 7) is 1.84. The zero-order valence-electron chi connectivity index (χ0n) is 9.98. The van der Waals surface area contributed by atoms with Crippen LogP contribution in [-0.2, 0) is 6.42 Å². The summed E-state index contributed by atoms with van der Waals surface area (Å²) >= 11 is 0. The average Bonchev–Trinajstić information content (AvgIpc) is 2.78. The maximum atomic E-state index is 13.3. The van der Waals surface area contributed by atoms with Gasteiger partial charge in [-0.3, -0.25) is 4.79 Å². The van der Waals surface area contributed by atoms with Gasteiger partial charge in [0.1, 0.15) is 0 Å². The number of aryl methyl sites for hydroxylation is 1. The van der Waals surface area contributed by atoms with E-state index in [1.54, 1.807) is 6.92 Å². The highest BCUT2D eigenvalue weighted by atomic mass is 19.2. The molecule has 0 spiro atoms. The molecule has 0 aliphatic heterocycles. The molecule has 0 saturated carbocycles. The number of halogens is 2. The third kappa shape index (κ3) is 3.09. The second-order valence-corrected chi connectivity index (χ2v) is 3.70. The maximum absolute atomic E-state index is 13.3. The fourth-order valence-electron chi connectivity index (χ4n) is 1.41. The van der Waals surface area contributed by atoms with Crippen molar-refractivity contribution in [2.24, 2.45) is 0 Å². The van der Waals surface area contributed by atoms with Gasteiger partial charge in [-0.15, -0.1) is 0 Å². The predicted octanol–water partition coefficient (Wildman–Crippen LogP) is 1.02. The van der Waals surface area contributed by atoms with E-state index < -0.39 is 23.2 Å². The highest BCUT2D eigenvalue weighted by molar-refractivity contribution is 5.94. The lowest BCUT2D eigenvalue weighted by atomic mass is 10.2. The van der Waals surface area contributed by atoms with Gasteiger partial charge in [0.25, 0.3) is 5.91 Å². The molecule has 0 fully saturated rings. The van der Waals surface area contributed by atoms with E-state index in [-0.39, 0.29) is 6.54 Å². The molecule has 2 heterocycles. The van der Waals surface area contributed by atoms with Crippen molar-refractivity contribution >= 4 is 5.91 Å². The summed E-state index contributed by atoms with van der Waals surface area (Å²) in [5.74, 6) is -2.45. The Hall–Kier alpha value is -2.38. The molecule has 0 aromatic carbocycles. The van der Waals surface area contributed by atoms with Crippen LogP contribution in [0.3, 0.4) is 0 Å². The minimum atomic E-state index is -1.31. The first-order chi connectivity index (χ1) is 9.08. The van der Waals surface area contributed by atoms with Crippen molar-refractivity contribution in [3.8, 4) is 0 Å². The van der Waals surface area contributed by atoms with Gasteiger partial charge in [0, 0.05) is 19.2 Å². The Morgan fingerprint density at radius 1 is 1.47 bits per heavy atom. The minimum Gasteiger partial charge on any atom is -0.351 e. The number of pyridine rings is 1. The van der Waals surface area contributed by atoms with Gasteiger partial charge in [0.05, 0.1) is 5.56 Å². The molecule has 100 valence electrons. The van der Waals surface area contributed by atoms with E-state index in [0.717, 1.165) is 12.3 Å². The van der Waals surface area contributed by atoms with Crippen molar-refractivity contribution in [1.82, 2.24) is 20.4 Å². The van der Waals surface area contributed by atoms with Crippen molar-refractivity contribution in [1.29, 1.82) is 0 Å². The van der Waals surface area contributed by atoms with Gasteiger partial charge >= 0.3 is 0 Å². The lowest BCUT2D eigenvalue weighted by molar-refractivity contribution is 0.0948. The number of nitrogens with zero attached hydrogens (tertiary/aromatic N) is 3. The number of nitrogens with one attached hydrogen (secondary N) is 1. The second-order valence-electron chi connectivity index (χ2n) is 3.70. The van der Waals surface area contributed by atoms with E-state index in [1.807, 2.05) is 0 Å². The lowest BCUT2D eigenvalue weighted by Crippen LogP contribution is -2.27. The number of carbonyl (C=O) groups is 1. The van der Waals surface area contributed by atoms with E-state index in [1.165, 1.54) is 0 Å². The molecule has 19 heavy (non-hydrogen) atoms. The Morgan fingerprint density at radius 3 is 2.95 bits per heavy atom. The van der Waals surface area contributed by atoms with Gasteiger partial charge < -0.3 is 9.84 Å². The van der Waals surface area contributed by atoms with Gasteiger partial charge in [-0.05, 0) is 13.0 Å². The highest BCUT2D eigenvalue weighted by Crippen LogP contribution is 2.08. The summed E-state index contributed by atoms with van der Waals surface area (Å²) in [7, 11) is 0. The summed E-state index contributed by atoms with van der Waals surface area (Å²) in [6, 6.07) is 1.10. The number of hydrogen-bond acceptors (Lipinski definition) is 5. The van der Waals surface area contributed by atoms with Crippen LogP contribution in [0.25, 0.3) is 0 Å². The third-order valence-electron chi connectivity index (χ3n) is 2.29. The molecule has 1 amide bonds. The number of hydrogen-bond donors (Lipinski definition) is 1. The molecule has 6 nitrogen and oxygen atoms in total. The summed E-state index contributed by atoms with van der Waals surface area (Å²) in [4.78, 5) is 18.6. The molecule has 2 rings (SSSR count). The molecule has 0 radical (unpaired) electrons. The summed E-state index contributed by atoms with van der Waals surface area (Å²) in [5.41, 5.74) is -0.394. The number of rotatable bonds is 4. The van der Waals surface area contributed by atoms with Crippen molar-refractivity contribution < 1.29 is 18.1 Å². The molecule has 0 saturated heterocycles. The molecule has 0 atom stereocenters. The molecular formula is C11H10F2N4O2.